The van der Waals surface area contributed by atoms with Crippen molar-refractivity contribution in [2.75, 3.05) is 5.32 Å². The second-order valence-electron chi connectivity index (χ2n) is 4.50. The maximum atomic E-state index is 13.6. The Morgan fingerprint density at radius 2 is 2.28 bits per heavy atom. The molecule has 1 aliphatic carbocycles. The highest BCUT2D eigenvalue weighted by atomic mass is 79.9. The fourth-order valence-electron chi connectivity index (χ4n) is 1.97. The highest BCUT2D eigenvalue weighted by Gasteiger charge is 2.24. The van der Waals surface area contributed by atoms with E-state index < -0.39 is 0 Å². The Hall–Kier alpha value is -1.36. The van der Waals surface area contributed by atoms with Crippen LogP contribution in [0.1, 0.15) is 24.6 Å². The Balaban J connectivity index is 1.71. The minimum atomic E-state index is -0.248. The maximum absolute atomic E-state index is 13.6. The quantitative estimate of drug-likeness (QED) is 0.932. The molecule has 1 aromatic heterocycles. The fraction of sp³-hybridized carbons (Fsp3) is 0.308. The van der Waals surface area contributed by atoms with Crippen LogP contribution in [0.3, 0.4) is 0 Å². The standard InChI is InChI=1S/C13H13BrFN3/c14-9-1-4-13(12(15)5-9)17-7-11-6-16-8-18(11)10-2-3-10/h1,4-6,8,10,17H,2-3,7H2. The first kappa shape index (κ1) is 11.7. The number of imidazole rings is 1. The van der Waals surface area contributed by atoms with Gasteiger partial charge in [0.1, 0.15) is 5.82 Å². The molecular formula is C13H13BrFN3. The number of halogens is 2. The molecule has 0 amide bonds. The Morgan fingerprint density at radius 3 is 3.00 bits per heavy atom. The van der Waals surface area contributed by atoms with Gasteiger partial charge in [-0.3, -0.25) is 0 Å². The first-order valence-electron chi connectivity index (χ1n) is 5.93. The largest absolute Gasteiger partial charge is 0.377 e. The van der Waals surface area contributed by atoms with Crippen molar-refractivity contribution in [2.24, 2.45) is 0 Å². The maximum Gasteiger partial charge on any atom is 0.147 e. The third-order valence-corrected chi connectivity index (χ3v) is 3.57. The lowest BCUT2D eigenvalue weighted by atomic mass is 10.3. The second kappa shape index (κ2) is 4.72. The molecule has 0 atom stereocenters. The van der Waals surface area contributed by atoms with Crippen LogP contribution >= 0.6 is 15.9 Å². The number of nitrogens with one attached hydrogen (secondary N) is 1. The number of hydrogen-bond acceptors (Lipinski definition) is 2. The van der Waals surface area contributed by atoms with Crippen molar-refractivity contribution in [1.29, 1.82) is 0 Å². The average Bonchev–Trinajstić information content (AvgIpc) is 3.08. The topological polar surface area (TPSA) is 29.9 Å². The van der Waals surface area contributed by atoms with Crippen LogP contribution in [0.5, 0.6) is 0 Å². The fourth-order valence-corrected chi connectivity index (χ4v) is 2.30. The summed E-state index contributed by atoms with van der Waals surface area (Å²) < 4.78 is 16.6. The summed E-state index contributed by atoms with van der Waals surface area (Å²) in [5.74, 6) is -0.248. The van der Waals surface area contributed by atoms with Crippen molar-refractivity contribution >= 4 is 21.6 Å². The van der Waals surface area contributed by atoms with E-state index in [0.29, 0.717) is 18.3 Å². The van der Waals surface area contributed by atoms with Crippen LogP contribution in [-0.4, -0.2) is 9.55 Å². The summed E-state index contributed by atoms with van der Waals surface area (Å²) in [6.07, 6.45) is 6.13. The molecule has 2 aromatic rings. The third kappa shape index (κ3) is 2.41. The molecule has 94 valence electrons. The minimum absolute atomic E-state index is 0.248. The van der Waals surface area contributed by atoms with Gasteiger partial charge >= 0.3 is 0 Å². The van der Waals surface area contributed by atoms with E-state index in [1.54, 1.807) is 6.07 Å². The highest BCUT2D eigenvalue weighted by molar-refractivity contribution is 9.10. The SMILES string of the molecule is Fc1cc(Br)ccc1NCc1cncn1C1CC1. The number of rotatable bonds is 4. The monoisotopic (exact) mass is 309 g/mol. The molecule has 0 unspecified atom stereocenters. The summed E-state index contributed by atoms with van der Waals surface area (Å²) in [6.45, 7) is 0.592. The van der Waals surface area contributed by atoms with Gasteiger partial charge in [-0.2, -0.15) is 0 Å². The molecule has 0 spiro atoms. The molecule has 0 radical (unpaired) electrons. The van der Waals surface area contributed by atoms with E-state index >= 15 is 0 Å². The lowest BCUT2D eigenvalue weighted by Crippen LogP contribution is -2.06. The molecule has 5 heteroatoms. The summed E-state index contributed by atoms with van der Waals surface area (Å²) in [6, 6.07) is 5.61. The van der Waals surface area contributed by atoms with Crippen LogP contribution in [-0.2, 0) is 6.54 Å². The smallest absolute Gasteiger partial charge is 0.147 e. The molecule has 0 bridgehead atoms. The van der Waals surface area contributed by atoms with Gasteiger partial charge < -0.3 is 9.88 Å². The molecular weight excluding hydrogens is 297 g/mol. The molecule has 0 saturated heterocycles. The molecule has 1 fully saturated rings. The zero-order chi connectivity index (χ0) is 12.5. The molecule has 18 heavy (non-hydrogen) atoms. The van der Waals surface area contributed by atoms with Gasteiger partial charge in [0.25, 0.3) is 0 Å². The van der Waals surface area contributed by atoms with Crippen molar-refractivity contribution < 1.29 is 4.39 Å². The third-order valence-electron chi connectivity index (χ3n) is 3.08. The molecule has 3 nitrogen and oxygen atoms in total. The van der Waals surface area contributed by atoms with Gasteiger partial charge in [0.2, 0.25) is 0 Å². The van der Waals surface area contributed by atoms with Gasteiger partial charge in [0, 0.05) is 16.7 Å². The van der Waals surface area contributed by atoms with E-state index in [4.69, 9.17) is 0 Å². The molecule has 1 saturated carbocycles. The van der Waals surface area contributed by atoms with Crippen LogP contribution in [0.15, 0.2) is 35.2 Å². The zero-order valence-corrected chi connectivity index (χ0v) is 11.3. The van der Waals surface area contributed by atoms with Crippen LogP contribution in [0.25, 0.3) is 0 Å². The number of anilines is 1. The van der Waals surface area contributed by atoms with Crippen LogP contribution < -0.4 is 5.32 Å². The van der Waals surface area contributed by atoms with E-state index in [0.717, 1.165) is 10.2 Å². The Bertz CT molecular complexity index is 563. The van der Waals surface area contributed by atoms with Crippen molar-refractivity contribution in [2.45, 2.75) is 25.4 Å². The summed E-state index contributed by atoms with van der Waals surface area (Å²) >= 11 is 3.24. The Labute approximate surface area is 113 Å². The highest BCUT2D eigenvalue weighted by Crippen LogP contribution is 2.35. The summed E-state index contributed by atoms with van der Waals surface area (Å²) in [7, 11) is 0. The van der Waals surface area contributed by atoms with Gasteiger partial charge in [-0.05, 0) is 31.0 Å². The number of aromatic nitrogens is 2. The molecule has 0 aliphatic heterocycles. The van der Waals surface area contributed by atoms with Crippen molar-refractivity contribution in [1.82, 2.24) is 9.55 Å². The predicted octanol–water partition coefficient (Wildman–Crippen LogP) is 3.73. The summed E-state index contributed by atoms with van der Waals surface area (Å²) in [5, 5.41) is 3.11. The summed E-state index contributed by atoms with van der Waals surface area (Å²) in [4.78, 5) is 4.15. The van der Waals surface area contributed by atoms with Crippen molar-refractivity contribution in [3.05, 3.63) is 46.7 Å². The number of benzene rings is 1. The van der Waals surface area contributed by atoms with Crippen LogP contribution in [0.4, 0.5) is 10.1 Å². The van der Waals surface area contributed by atoms with Gasteiger partial charge in [-0.25, -0.2) is 9.37 Å². The zero-order valence-electron chi connectivity index (χ0n) is 9.74. The van der Waals surface area contributed by atoms with Crippen molar-refractivity contribution in [3.63, 3.8) is 0 Å². The second-order valence-corrected chi connectivity index (χ2v) is 5.42. The van der Waals surface area contributed by atoms with Crippen molar-refractivity contribution in [3.8, 4) is 0 Å². The van der Waals surface area contributed by atoms with E-state index in [-0.39, 0.29) is 5.82 Å². The molecule has 1 N–H and O–H groups in total. The first-order valence-corrected chi connectivity index (χ1v) is 6.73. The Kier molecular flexibility index (Phi) is 3.07. The van der Waals surface area contributed by atoms with Crippen LogP contribution in [0, 0.1) is 5.82 Å². The number of hydrogen-bond donors (Lipinski definition) is 1. The van der Waals surface area contributed by atoms with E-state index in [9.17, 15) is 4.39 Å². The Morgan fingerprint density at radius 1 is 1.44 bits per heavy atom. The van der Waals surface area contributed by atoms with Gasteiger partial charge in [0.05, 0.1) is 24.3 Å². The normalized spacial score (nSPS) is 14.8. The molecule has 1 heterocycles. The lowest BCUT2D eigenvalue weighted by molar-refractivity contribution is 0.628. The average molecular weight is 310 g/mol. The molecule has 1 aliphatic rings. The lowest BCUT2D eigenvalue weighted by Gasteiger charge is -2.10. The predicted molar refractivity (Wildman–Crippen MR) is 71.9 cm³/mol. The van der Waals surface area contributed by atoms with E-state index in [1.807, 2.05) is 18.6 Å². The minimum Gasteiger partial charge on any atom is -0.377 e. The molecule has 3 rings (SSSR count). The molecule has 1 aromatic carbocycles. The van der Waals surface area contributed by atoms with Crippen LogP contribution in [0.2, 0.25) is 0 Å². The van der Waals surface area contributed by atoms with Gasteiger partial charge in [-0.1, -0.05) is 15.9 Å². The van der Waals surface area contributed by atoms with Gasteiger partial charge in [0.15, 0.2) is 0 Å². The van der Waals surface area contributed by atoms with Gasteiger partial charge in [-0.15, -0.1) is 0 Å². The summed E-state index contributed by atoms with van der Waals surface area (Å²) in [5.41, 5.74) is 1.61. The van der Waals surface area contributed by atoms with E-state index in [1.165, 1.54) is 18.9 Å². The number of nitrogens with zero attached hydrogens (tertiary/aromatic N) is 2. The first-order chi connectivity index (χ1) is 8.74. The van der Waals surface area contributed by atoms with E-state index in [2.05, 4.69) is 30.8 Å².